The highest BCUT2D eigenvalue weighted by Gasteiger charge is 2.31. The van der Waals surface area contributed by atoms with Crippen LogP contribution in [0, 0.1) is 9.81 Å². The maximum Gasteiger partial charge on any atom is 0.246 e. The summed E-state index contributed by atoms with van der Waals surface area (Å²) in [5, 5.41) is 0. The van der Waals surface area contributed by atoms with Gasteiger partial charge in [-0.2, -0.15) is 0 Å². The molecule has 0 N–H and O–H groups in total. The average molecular weight is 487 g/mol. The van der Waals surface area contributed by atoms with Crippen LogP contribution in [0.2, 0.25) is 0 Å². The largest absolute Gasteiger partial charge is 0.333 e. The van der Waals surface area contributed by atoms with E-state index in [0.29, 0.717) is 13.1 Å². The highest BCUT2D eigenvalue weighted by Crippen LogP contribution is 2.42. The minimum atomic E-state index is -0.0224. The first-order chi connectivity index (χ1) is 13.1. The molecule has 4 nitrogen and oxygen atoms in total. The average Bonchev–Trinajstić information content (AvgIpc) is 3.07. The van der Waals surface area contributed by atoms with Crippen molar-refractivity contribution in [1.82, 2.24) is 14.9 Å². The van der Waals surface area contributed by atoms with Gasteiger partial charge in [0.05, 0.1) is 9.43 Å². The maximum absolute atomic E-state index is 12.4. The van der Waals surface area contributed by atoms with Gasteiger partial charge in [-0.25, -0.2) is 9.97 Å². The molecule has 0 aliphatic carbocycles. The molecule has 1 aliphatic heterocycles. The zero-order valence-electron chi connectivity index (χ0n) is 14.9. The van der Waals surface area contributed by atoms with Crippen LogP contribution in [0.3, 0.4) is 0 Å². The van der Waals surface area contributed by atoms with Gasteiger partial charge in [0, 0.05) is 34.8 Å². The number of hydrogen-bond acceptors (Lipinski definition) is 4. The van der Waals surface area contributed by atoms with Crippen LogP contribution in [0.25, 0.3) is 11.1 Å². The van der Waals surface area contributed by atoms with Gasteiger partial charge in [0.1, 0.15) is 6.33 Å². The molecule has 27 heavy (non-hydrogen) atoms. The van der Waals surface area contributed by atoms with E-state index in [1.54, 1.807) is 17.7 Å². The van der Waals surface area contributed by atoms with Crippen molar-refractivity contribution in [2.75, 3.05) is 6.54 Å². The first kappa shape index (κ1) is 18.3. The van der Waals surface area contributed by atoms with E-state index in [4.69, 9.17) is 0 Å². The van der Waals surface area contributed by atoms with Crippen LogP contribution in [0.15, 0.2) is 55.5 Å². The lowest BCUT2D eigenvalue weighted by atomic mass is 9.84. The van der Waals surface area contributed by atoms with E-state index >= 15 is 0 Å². The molecule has 1 aromatic carbocycles. The number of aryl methyl sites for hydroxylation is 1. The van der Waals surface area contributed by atoms with Crippen molar-refractivity contribution < 1.29 is 4.79 Å². The van der Waals surface area contributed by atoms with Gasteiger partial charge in [0.2, 0.25) is 5.91 Å². The van der Waals surface area contributed by atoms with Crippen molar-refractivity contribution in [3.63, 3.8) is 0 Å². The zero-order valence-corrected chi connectivity index (χ0v) is 17.8. The predicted octanol–water partition coefficient (Wildman–Crippen LogP) is 4.78. The van der Waals surface area contributed by atoms with Gasteiger partial charge in [0.25, 0.3) is 0 Å². The molecule has 3 heterocycles. The first-order valence-electron chi connectivity index (χ1n) is 8.64. The van der Waals surface area contributed by atoms with Crippen LogP contribution >= 0.6 is 33.9 Å². The number of halogens is 1. The summed E-state index contributed by atoms with van der Waals surface area (Å²) in [5.41, 5.74) is 5.63. The van der Waals surface area contributed by atoms with E-state index in [1.807, 2.05) is 24.1 Å². The fraction of sp³-hybridized carbons (Fsp3) is 0.190. The number of rotatable bonds is 3. The number of nitrogens with zero attached hydrogens (tertiary/aromatic N) is 3. The summed E-state index contributed by atoms with van der Waals surface area (Å²) in [6.07, 6.45) is 4.85. The molecule has 6 heteroatoms. The standard InChI is InChI=1S/C21H18IN3OS/c1-3-21(26)25-10-18(16-8-20(22)27-19(16)11-25)15-7-5-4-6-14(15)17-9-23-12-24-13(17)2/h3-9,12,18H,1,10-11H2,2H3/t18-/m1/s1. The van der Waals surface area contributed by atoms with Crippen molar-refractivity contribution in [2.24, 2.45) is 0 Å². The predicted molar refractivity (Wildman–Crippen MR) is 117 cm³/mol. The Balaban J connectivity index is 1.87. The lowest BCUT2D eigenvalue weighted by Crippen LogP contribution is -2.37. The Hall–Kier alpha value is -2.06. The second-order valence-electron chi connectivity index (χ2n) is 6.51. The molecule has 0 saturated carbocycles. The number of carbonyl (C=O) groups is 1. The third-order valence-corrected chi connectivity index (χ3v) is 6.84. The van der Waals surface area contributed by atoms with Gasteiger partial charge in [-0.1, -0.05) is 30.8 Å². The zero-order chi connectivity index (χ0) is 19.0. The number of hydrogen-bond donors (Lipinski definition) is 0. The van der Waals surface area contributed by atoms with Gasteiger partial charge in [-0.3, -0.25) is 4.79 Å². The minimum absolute atomic E-state index is 0.0224. The SMILES string of the molecule is C=CC(=O)N1Cc2sc(I)cc2[C@@H](c2ccccc2-c2cncnc2C)C1. The van der Waals surface area contributed by atoms with E-state index in [-0.39, 0.29) is 11.8 Å². The lowest BCUT2D eigenvalue weighted by molar-refractivity contribution is -0.127. The normalized spacial score (nSPS) is 16.1. The van der Waals surface area contributed by atoms with Crippen LogP contribution in [0.4, 0.5) is 0 Å². The Kier molecular flexibility index (Phi) is 5.10. The Morgan fingerprint density at radius 3 is 2.93 bits per heavy atom. The molecule has 3 aromatic rings. The highest BCUT2D eigenvalue weighted by atomic mass is 127. The van der Waals surface area contributed by atoms with Gasteiger partial charge >= 0.3 is 0 Å². The van der Waals surface area contributed by atoms with Gasteiger partial charge in [-0.05, 0) is 58.3 Å². The third kappa shape index (κ3) is 3.43. The van der Waals surface area contributed by atoms with E-state index in [2.05, 4.69) is 63.4 Å². The highest BCUT2D eigenvalue weighted by molar-refractivity contribution is 14.1. The van der Waals surface area contributed by atoms with Gasteiger partial charge in [0.15, 0.2) is 0 Å². The summed E-state index contributed by atoms with van der Waals surface area (Å²) in [6, 6.07) is 10.6. The summed E-state index contributed by atoms with van der Waals surface area (Å²) in [4.78, 5) is 24.1. The number of benzene rings is 1. The summed E-state index contributed by atoms with van der Waals surface area (Å²) < 4.78 is 1.24. The van der Waals surface area contributed by atoms with E-state index < -0.39 is 0 Å². The smallest absolute Gasteiger partial charge is 0.246 e. The molecule has 1 atom stereocenters. The first-order valence-corrected chi connectivity index (χ1v) is 10.5. The molecule has 1 aliphatic rings. The molecule has 2 aromatic heterocycles. The Morgan fingerprint density at radius 2 is 2.15 bits per heavy atom. The molecule has 0 spiro atoms. The van der Waals surface area contributed by atoms with Crippen molar-refractivity contribution in [3.8, 4) is 11.1 Å². The second kappa shape index (κ2) is 7.52. The van der Waals surface area contributed by atoms with E-state index in [9.17, 15) is 4.79 Å². The fourth-order valence-electron chi connectivity index (χ4n) is 3.65. The van der Waals surface area contributed by atoms with Crippen molar-refractivity contribution in [1.29, 1.82) is 0 Å². The lowest BCUT2D eigenvalue weighted by Gasteiger charge is -2.33. The van der Waals surface area contributed by atoms with Crippen LogP contribution in [0.1, 0.15) is 27.6 Å². The maximum atomic E-state index is 12.4. The van der Waals surface area contributed by atoms with E-state index in [0.717, 1.165) is 16.8 Å². The van der Waals surface area contributed by atoms with E-state index in [1.165, 1.54) is 25.0 Å². The van der Waals surface area contributed by atoms with Crippen molar-refractivity contribution >= 4 is 39.8 Å². The van der Waals surface area contributed by atoms with Crippen LogP contribution in [0.5, 0.6) is 0 Å². The molecule has 4 rings (SSSR count). The number of fused-ring (bicyclic) bond motifs is 1. The second-order valence-corrected chi connectivity index (χ2v) is 9.54. The Labute approximate surface area is 176 Å². The van der Waals surface area contributed by atoms with Crippen molar-refractivity contribution in [2.45, 2.75) is 19.4 Å². The molecule has 136 valence electrons. The van der Waals surface area contributed by atoms with Crippen LogP contribution in [-0.4, -0.2) is 27.3 Å². The molecule has 0 saturated heterocycles. The monoisotopic (exact) mass is 487 g/mol. The molecule has 1 amide bonds. The fourth-order valence-corrected chi connectivity index (χ4v) is 5.74. The quantitative estimate of drug-likeness (QED) is 0.395. The number of thiophene rings is 1. The van der Waals surface area contributed by atoms with Gasteiger partial charge < -0.3 is 4.90 Å². The number of amides is 1. The Morgan fingerprint density at radius 1 is 1.33 bits per heavy atom. The molecule has 0 fully saturated rings. The number of carbonyl (C=O) groups excluding carboxylic acids is 1. The van der Waals surface area contributed by atoms with Crippen LogP contribution < -0.4 is 0 Å². The molecule has 0 radical (unpaired) electrons. The molecule has 0 bridgehead atoms. The molecular weight excluding hydrogens is 469 g/mol. The summed E-state index contributed by atoms with van der Waals surface area (Å²) in [7, 11) is 0. The number of aromatic nitrogens is 2. The summed E-state index contributed by atoms with van der Waals surface area (Å²) in [6.45, 7) is 6.97. The minimum Gasteiger partial charge on any atom is -0.333 e. The molecular formula is C21H18IN3OS. The van der Waals surface area contributed by atoms with Crippen molar-refractivity contribution in [3.05, 3.63) is 80.1 Å². The topological polar surface area (TPSA) is 46.1 Å². The third-order valence-electron chi connectivity index (χ3n) is 4.95. The summed E-state index contributed by atoms with van der Waals surface area (Å²) in [5.74, 6) is 0.0963. The van der Waals surface area contributed by atoms with Crippen LogP contribution in [-0.2, 0) is 11.3 Å². The molecule has 0 unspecified atom stereocenters. The Bertz CT molecular complexity index is 1030. The summed E-state index contributed by atoms with van der Waals surface area (Å²) >= 11 is 4.12. The van der Waals surface area contributed by atoms with Gasteiger partial charge in [-0.15, -0.1) is 11.3 Å².